The van der Waals surface area contributed by atoms with Gasteiger partial charge in [0.15, 0.2) is 0 Å². The molecular weight excluding hydrogens is 247 g/mol. The fourth-order valence-corrected chi connectivity index (χ4v) is 2.69. The van der Waals surface area contributed by atoms with Gasteiger partial charge in [-0.3, -0.25) is 4.90 Å². The lowest BCUT2D eigenvalue weighted by molar-refractivity contribution is -0.210. The van der Waals surface area contributed by atoms with E-state index in [1.165, 1.54) is 11.3 Å². The molecule has 1 fully saturated rings. The number of hydrogen-bond acceptors (Lipinski definition) is 2. The number of rotatable bonds is 2. The van der Waals surface area contributed by atoms with Gasteiger partial charge in [-0.15, -0.1) is 11.3 Å². The van der Waals surface area contributed by atoms with Crippen LogP contribution in [0, 0.1) is 5.92 Å². The van der Waals surface area contributed by atoms with E-state index in [1.807, 2.05) is 6.07 Å². The molecule has 0 N–H and O–H groups in total. The average molecular weight is 256 g/mol. The maximum absolute atomic E-state index is 12.2. The molecule has 0 amide bonds. The monoisotopic (exact) mass is 255 g/mol. The van der Waals surface area contributed by atoms with Gasteiger partial charge in [-0.2, -0.15) is 13.2 Å². The van der Waals surface area contributed by atoms with E-state index in [9.17, 15) is 13.2 Å². The van der Waals surface area contributed by atoms with Gasteiger partial charge in [-0.25, -0.2) is 0 Å². The Balaban J connectivity index is 1.81. The van der Waals surface area contributed by atoms with Crippen molar-refractivity contribution in [3.63, 3.8) is 0 Å². The molecule has 1 nitrogen and oxygen atoms in total. The molecule has 84 valence electrons. The summed E-state index contributed by atoms with van der Waals surface area (Å²) in [7, 11) is 0. The molecule has 1 aromatic heterocycles. The maximum Gasteiger partial charge on any atom is 0.394 e. The van der Waals surface area contributed by atoms with Crippen LogP contribution in [0.25, 0.3) is 0 Å². The lowest BCUT2D eigenvalue weighted by atomic mass is 10.00. The van der Waals surface area contributed by atoms with E-state index in [1.54, 1.807) is 11.0 Å². The molecule has 6 heteroatoms. The molecule has 0 atom stereocenters. The van der Waals surface area contributed by atoms with E-state index >= 15 is 0 Å². The molecular formula is C9H9ClF3NS. The number of nitrogens with zero attached hydrogens (tertiary/aromatic N) is 1. The van der Waals surface area contributed by atoms with Crippen LogP contribution in [0.3, 0.4) is 0 Å². The normalized spacial score (nSPS) is 19.2. The molecule has 2 heterocycles. The van der Waals surface area contributed by atoms with Crippen LogP contribution in [0.5, 0.6) is 0 Å². The minimum absolute atomic E-state index is 0.110. The average Bonchev–Trinajstić information content (AvgIpc) is 2.40. The zero-order valence-corrected chi connectivity index (χ0v) is 9.29. The molecule has 1 saturated heterocycles. The van der Waals surface area contributed by atoms with E-state index < -0.39 is 12.1 Å². The smallest absolute Gasteiger partial charge is 0.297 e. The second-order valence-electron chi connectivity index (χ2n) is 3.64. The third-order valence-corrected chi connectivity index (χ3v) is 3.64. The molecule has 0 aliphatic carbocycles. The standard InChI is InChI=1S/C9H9ClF3NS/c10-8-2-1-7(15-8)5-14-3-6(4-14)9(11,12)13/h1-2,6H,3-5H2. The zero-order valence-electron chi connectivity index (χ0n) is 7.72. The van der Waals surface area contributed by atoms with Crippen LogP contribution in [-0.2, 0) is 6.54 Å². The molecule has 15 heavy (non-hydrogen) atoms. The Morgan fingerprint density at radius 1 is 1.40 bits per heavy atom. The number of likely N-dealkylation sites (tertiary alicyclic amines) is 1. The second-order valence-corrected chi connectivity index (χ2v) is 5.44. The Bertz CT molecular complexity index is 343. The number of halogens is 4. The van der Waals surface area contributed by atoms with Crippen molar-refractivity contribution < 1.29 is 13.2 Å². The van der Waals surface area contributed by atoms with Crippen molar-refractivity contribution in [2.45, 2.75) is 12.7 Å². The Labute approximate surface area is 94.5 Å². The van der Waals surface area contributed by atoms with Crippen molar-refractivity contribution in [3.8, 4) is 0 Å². The van der Waals surface area contributed by atoms with Gasteiger partial charge in [0.1, 0.15) is 0 Å². The van der Waals surface area contributed by atoms with Crippen LogP contribution < -0.4 is 0 Å². The molecule has 0 saturated carbocycles. The molecule has 0 spiro atoms. The van der Waals surface area contributed by atoms with Crippen molar-refractivity contribution in [1.82, 2.24) is 4.90 Å². The third kappa shape index (κ3) is 2.65. The number of alkyl halides is 3. The quantitative estimate of drug-likeness (QED) is 0.783. The molecule has 1 aliphatic rings. The summed E-state index contributed by atoms with van der Waals surface area (Å²) in [6.07, 6.45) is -4.04. The van der Waals surface area contributed by atoms with Crippen molar-refractivity contribution in [2.24, 2.45) is 5.92 Å². The van der Waals surface area contributed by atoms with E-state index in [-0.39, 0.29) is 13.1 Å². The van der Waals surface area contributed by atoms with Crippen LogP contribution in [-0.4, -0.2) is 24.2 Å². The van der Waals surface area contributed by atoms with E-state index in [0.29, 0.717) is 10.9 Å². The highest BCUT2D eigenvalue weighted by Crippen LogP contribution is 2.35. The summed E-state index contributed by atoms with van der Waals surface area (Å²) in [4.78, 5) is 2.79. The highest BCUT2D eigenvalue weighted by Gasteiger charge is 2.46. The first-order valence-electron chi connectivity index (χ1n) is 4.48. The SMILES string of the molecule is FC(F)(F)C1CN(Cc2ccc(Cl)s2)C1. The highest BCUT2D eigenvalue weighted by molar-refractivity contribution is 7.16. The second kappa shape index (κ2) is 3.96. The van der Waals surface area contributed by atoms with Gasteiger partial charge in [-0.05, 0) is 12.1 Å². The van der Waals surface area contributed by atoms with Crippen molar-refractivity contribution in [1.29, 1.82) is 0 Å². The van der Waals surface area contributed by atoms with Crippen molar-refractivity contribution in [3.05, 3.63) is 21.3 Å². The van der Waals surface area contributed by atoms with Crippen LogP contribution in [0.1, 0.15) is 4.88 Å². The van der Waals surface area contributed by atoms with Gasteiger partial charge in [0, 0.05) is 24.5 Å². The van der Waals surface area contributed by atoms with E-state index in [4.69, 9.17) is 11.6 Å². The summed E-state index contributed by atoms with van der Waals surface area (Å²) < 4.78 is 37.2. The Kier molecular flexibility index (Phi) is 2.96. The molecule has 1 aromatic rings. The lowest BCUT2D eigenvalue weighted by Crippen LogP contribution is -2.52. The Morgan fingerprint density at radius 2 is 2.07 bits per heavy atom. The number of thiophene rings is 1. The first kappa shape index (κ1) is 11.2. The van der Waals surface area contributed by atoms with Gasteiger partial charge in [0.2, 0.25) is 0 Å². The van der Waals surface area contributed by atoms with E-state index in [0.717, 1.165) is 4.88 Å². The van der Waals surface area contributed by atoms with Crippen LogP contribution in [0.4, 0.5) is 13.2 Å². The highest BCUT2D eigenvalue weighted by atomic mass is 35.5. The summed E-state index contributed by atoms with van der Waals surface area (Å²) in [6.45, 7) is 0.794. The van der Waals surface area contributed by atoms with Crippen molar-refractivity contribution in [2.75, 3.05) is 13.1 Å². The third-order valence-electron chi connectivity index (χ3n) is 2.43. The largest absolute Gasteiger partial charge is 0.394 e. The first-order valence-corrected chi connectivity index (χ1v) is 5.68. The van der Waals surface area contributed by atoms with Crippen LogP contribution in [0.15, 0.2) is 12.1 Å². The molecule has 0 unspecified atom stereocenters. The van der Waals surface area contributed by atoms with Gasteiger partial charge in [0.25, 0.3) is 0 Å². The van der Waals surface area contributed by atoms with Gasteiger partial charge < -0.3 is 0 Å². The van der Waals surface area contributed by atoms with Crippen LogP contribution >= 0.6 is 22.9 Å². The zero-order chi connectivity index (χ0) is 11.1. The topological polar surface area (TPSA) is 3.24 Å². The number of hydrogen-bond donors (Lipinski definition) is 0. The van der Waals surface area contributed by atoms with Crippen molar-refractivity contribution >= 4 is 22.9 Å². The summed E-state index contributed by atoms with van der Waals surface area (Å²) in [5.74, 6) is -1.15. The summed E-state index contributed by atoms with van der Waals surface area (Å²) in [5.41, 5.74) is 0. The van der Waals surface area contributed by atoms with Crippen LogP contribution in [0.2, 0.25) is 4.34 Å². The molecule has 0 aromatic carbocycles. The maximum atomic E-state index is 12.2. The Morgan fingerprint density at radius 3 is 2.53 bits per heavy atom. The molecule has 1 aliphatic heterocycles. The lowest BCUT2D eigenvalue weighted by Gasteiger charge is -2.39. The van der Waals surface area contributed by atoms with Gasteiger partial charge >= 0.3 is 6.18 Å². The Hall–Kier alpha value is -0.260. The molecule has 2 rings (SSSR count). The fourth-order valence-electron chi connectivity index (χ4n) is 1.56. The summed E-state index contributed by atoms with van der Waals surface area (Å²) in [5, 5.41) is 0. The van der Waals surface area contributed by atoms with Gasteiger partial charge in [0.05, 0.1) is 10.3 Å². The van der Waals surface area contributed by atoms with E-state index in [2.05, 4.69) is 0 Å². The minimum atomic E-state index is -4.04. The molecule has 0 bridgehead atoms. The predicted molar refractivity (Wildman–Crippen MR) is 54.2 cm³/mol. The first-order chi connectivity index (χ1) is 6.95. The fraction of sp³-hybridized carbons (Fsp3) is 0.556. The summed E-state index contributed by atoms with van der Waals surface area (Å²) in [6, 6.07) is 3.62. The minimum Gasteiger partial charge on any atom is -0.297 e. The summed E-state index contributed by atoms with van der Waals surface area (Å²) >= 11 is 7.14. The van der Waals surface area contributed by atoms with Gasteiger partial charge in [-0.1, -0.05) is 11.6 Å². The predicted octanol–water partition coefficient (Wildman–Crippen LogP) is 3.40. The molecule has 0 radical (unpaired) electrons.